The molecule has 4 heteroatoms. The smallest absolute Gasteiger partial charge is 0.306 e. The first kappa shape index (κ1) is 12.9. The van der Waals surface area contributed by atoms with Crippen LogP contribution < -0.4 is 0 Å². The van der Waals surface area contributed by atoms with E-state index in [1.54, 1.807) is 0 Å². The third-order valence-corrected chi connectivity index (χ3v) is 5.41. The second-order valence-electron chi connectivity index (χ2n) is 6.48. The van der Waals surface area contributed by atoms with Gasteiger partial charge < -0.3 is 10.0 Å². The molecule has 1 heterocycles. The Morgan fingerprint density at radius 1 is 0.947 bits per heavy atom. The lowest BCUT2D eigenvalue weighted by atomic mass is 9.90. The maximum atomic E-state index is 12.6. The lowest BCUT2D eigenvalue weighted by Gasteiger charge is -2.39. The van der Waals surface area contributed by atoms with E-state index in [1.165, 1.54) is 19.3 Å². The Balaban J connectivity index is 1.65. The third kappa shape index (κ3) is 2.37. The summed E-state index contributed by atoms with van der Waals surface area (Å²) in [5.74, 6) is -0.0824. The lowest BCUT2D eigenvalue weighted by molar-refractivity contribution is -0.142. The fraction of sp³-hybridized carbons (Fsp3) is 0.867. The summed E-state index contributed by atoms with van der Waals surface area (Å²) in [7, 11) is 0. The van der Waals surface area contributed by atoms with Crippen molar-refractivity contribution in [2.45, 2.75) is 57.4 Å². The SMILES string of the molecule is O=C(O)[C@@H]1CC[C@H](C(=O)N2CCCC3CCCC32)C1. The van der Waals surface area contributed by atoms with E-state index in [-0.39, 0.29) is 17.7 Å². The van der Waals surface area contributed by atoms with Gasteiger partial charge in [-0.05, 0) is 50.9 Å². The van der Waals surface area contributed by atoms with Crippen molar-refractivity contribution in [1.82, 2.24) is 4.90 Å². The van der Waals surface area contributed by atoms with Crippen LogP contribution in [0.3, 0.4) is 0 Å². The van der Waals surface area contributed by atoms with Gasteiger partial charge in [-0.25, -0.2) is 0 Å². The number of likely N-dealkylation sites (tertiary alicyclic amines) is 1. The van der Waals surface area contributed by atoms with Crippen LogP contribution in [0.5, 0.6) is 0 Å². The van der Waals surface area contributed by atoms with Gasteiger partial charge in [-0.15, -0.1) is 0 Å². The Labute approximate surface area is 114 Å². The van der Waals surface area contributed by atoms with Crippen molar-refractivity contribution in [1.29, 1.82) is 0 Å². The summed E-state index contributed by atoms with van der Waals surface area (Å²) in [4.78, 5) is 25.8. The topological polar surface area (TPSA) is 57.6 Å². The molecule has 1 aliphatic heterocycles. The molecular formula is C15H23NO3. The molecule has 4 atom stereocenters. The van der Waals surface area contributed by atoms with Gasteiger partial charge in [0, 0.05) is 18.5 Å². The van der Waals surface area contributed by atoms with Crippen LogP contribution in [0.25, 0.3) is 0 Å². The van der Waals surface area contributed by atoms with Gasteiger partial charge in [0.15, 0.2) is 0 Å². The molecule has 0 aromatic carbocycles. The summed E-state index contributed by atoms with van der Waals surface area (Å²) in [5.41, 5.74) is 0. The Kier molecular flexibility index (Phi) is 3.50. The Hall–Kier alpha value is -1.06. The van der Waals surface area contributed by atoms with E-state index in [9.17, 15) is 9.59 Å². The van der Waals surface area contributed by atoms with Crippen molar-refractivity contribution in [2.75, 3.05) is 6.54 Å². The minimum absolute atomic E-state index is 0.0274. The maximum Gasteiger partial charge on any atom is 0.306 e. The van der Waals surface area contributed by atoms with E-state index in [2.05, 4.69) is 4.90 Å². The van der Waals surface area contributed by atoms with Crippen LogP contribution in [0, 0.1) is 17.8 Å². The first-order chi connectivity index (χ1) is 9.16. The molecule has 1 amide bonds. The zero-order valence-corrected chi connectivity index (χ0v) is 11.4. The van der Waals surface area contributed by atoms with Crippen molar-refractivity contribution in [3.8, 4) is 0 Å². The number of carbonyl (C=O) groups excluding carboxylic acids is 1. The highest BCUT2D eigenvalue weighted by atomic mass is 16.4. The van der Waals surface area contributed by atoms with Crippen LogP contribution in [0.4, 0.5) is 0 Å². The molecule has 0 radical (unpaired) electrons. The van der Waals surface area contributed by atoms with Gasteiger partial charge in [0.05, 0.1) is 5.92 Å². The summed E-state index contributed by atoms with van der Waals surface area (Å²) < 4.78 is 0. The fourth-order valence-electron chi connectivity index (χ4n) is 4.39. The molecule has 3 aliphatic rings. The molecule has 0 bridgehead atoms. The summed E-state index contributed by atoms with van der Waals surface area (Å²) in [6.45, 7) is 0.897. The van der Waals surface area contributed by atoms with Crippen LogP contribution in [0.1, 0.15) is 51.4 Å². The number of piperidine rings is 1. The van der Waals surface area contributed by atoms with E-state index >= 15 is 0 Å². The second-order valence-corrected chi connectivity index (χ2v) is 6.48. The number of carbonyl (C=O) groups is 2. The molecule has 19 heavy (non-hydrogen) atoms. The van der Waals surface area contributed by atoms with Crippen molar-refractivity contribution in [2.24, 2.45) is 17.8 Å². The van der Waals surface area contributed by atoms with Crippen LogP contribution in [-0.4, -0.2) is 34.5 Å². The molecule has 2 unspecified atom stereocenters. The van der Waals surface area contributed by atoms with Crippen molar-refractivity contribution >= 4 is 11.9 Å². The van der Waals surface area contributed by atoms with E-state index in [0.29, 0.717) is 18.9 Å². The molecule has 2 aliphatic carbocycles. The molecular weight excluding hydrogens is 242 g/mol. The summed E-state index contributed by atoms with van der Waals surface area (Å²) in [6, 6.07) is 0.463. The molecule has 0 spiro atoms. The first-order valence-corrected chi connectivity index (χ1v) is 7.70. The minimum Gasteiger partial charge on any atom is -0.481 e. The van der Waals surface area contributed by atoms with Gasteiger partial charge in [-0.2, -0.15) is 0 Å². The minimum atomic E-state index is -0.729. The van der Waals surface area contributed by atoms with Gasteiger partial charge in [0.25, 0.3) is 0 Å². The number of carboxylic acids is 1. The molecule has 4 nitrogen and oxygen atoms in total. The van der Waals surface area contributed by atoms with E-state index in [1.807, 2.05) is 0 Å². The van der Waals surface area contributed by atoms with Gasteiger partial charge in [-0.3, -0.25) is 9.59 Å². The highest BCUT2D eigenvalue weighted by Crippen LogP contribution is 2.39. The predicted molar refractivity (Wildman–Crippen MR) is 70.5 cm³/mol. The van der Waals surface area contributed by atoms with E-state index in [4.69, 9.17) is 5.11 Å². The molecule has 0 aromatic rings. The first-order valence-electron chi connectivity index (χ1n) is 7.70. The molecule has 3 rings (SSSR count). The Morgan fingerprint density at radius 2 is 1.68 bits per heavy atom. The van der Waals surface area contributed by atoms with E-state index in [0.717, 1.165) is 31.7 Å². The normalized spacial score (nSPS) is 38.2. The van der Waals surface area contributed by atoms with Gasteiger partial charge in [-0.1, -0.05) is 6.42 Å². The number of carboxylic acid groups (broad SMARTS) is 1. The van der Waals surface area contributed by atoms with Gasteiger partial charge in [0.2, 0.25) is 5.91 Å². The predicted octanol–water partition coefficient (Wildman–Crippen LogP) is 2.28. The molecule has 0 aromatic heterocycles. The molecule has 106 valence electrons. The summed E-state index contributed by atoms with van der Waals surface area (Å²) in [6.07, 6.45) is 8.09. The largest absolute Gasteiger partial charge is 0.481 e. The van der Waals surface area contributed by atoms with E-state index < -0.39 is 5.97 Å². The van der Waals surface area contributed by atoms with Gasteiger partial charge >= 0.3 is 5.97 Å². The van der Waals surface area contributed by atoms with Crippen LogP contribution in [-0.2, 0) is 9.59 Å². The monoisotopic (exact) mass is 265 g/mol. The number of fused-ring (bicyclic) bond motifs is 1. The highest BCUT2D eigenvalue weighted by molar-refractivity contribution is 5.81. The van der Waals surface area contributed by atoms with Crippen LogP contribution >= 0.6 is 0 Å². The molecule has 2 saturated carbocycles. The Morgan fingerprint density at radius 3 is 2.42 bits per heavy atom. The number of rotatable bonds is 2. The zero-order valence-electron chi connectivity index (χ0n) is 11.4. The average Bonchev–Trinajstić information content (AvgIpc) is 3.06. The number of hydrogen-bond donors (Lipinski definition) is 1. The second kappa shape index (κ2) is 5.14. The van der Waals surface area contributed by atoms with Crippen molar-refractivity contribution in [3.05, 3.63) is 0 Å². The average molecular weight is 265 g/mol. The standard InChI is InChI=1S/C15H23NO3/c17-14(11-6-7-12(9-11)15(18)19)16-8-2-4-10-3-1-5-13(10)16/h10-13H,1-9H2,(H,18,19)/t10?,11-,12+,13?/m0/s1. The maximum absolute atomic E-state index is 12.6. The lowest BCUT2D eigenvalue weighted by Crippen LogP contribution is -2.48. The summed E-state index contributed by atoms with van der Waals surface area (Å²) in [5, 5.41) is 9.05. The highest BCUT2D eigenvalue weighted by Gasteiger charge is 2.42. The number of nitrogens with zero attached hydrogens (tertiary/aromatic N) is 1. The van der Waals surface area contributed by atoms with Gasteiger partial charge in [0.1, 0.15) is 0 Å². The van der Waals surface area contributed by atoms with Crippen LogP contribution in [0.2, 0.25) is 0 Å². The third-order valence-electron chi connectivity index (χ3n) is 5.41. The number of amides is 1. The molecule has 3 fully saturated rings. The molecule has 1 N–H and O–H groups in total. The quantitative estimate of drug-likeness (QED) is 0.833. The number of aliphatic carboxylic acids is 1. The zero-order chi connectivity index (χ0) is 13.4. The summed E-state index contributed by atoms with van der Waals surface area (Å²) >= 11 is 0. The molecule has 1 saturated heterocycles. The fourth-order valence-corrected chi connectivity index (χ4v) is 4.39. The van der Waals surface area contributed by atoms with Crippen LogP contribution in [0.15, 0.2) is 0 Å². The number of hydrogen-bond acceptors (Lipinski definition) is 2. The Bertz CT molecular complexity index is 382. The van der Waals surface area contributed by atoms with Crippen molar-refractivity contribution < 1.29 is 14.7 Å². The van der Waals surface area contributed by atoms with Crippen molar-refractivity contribution in [3.63, 3.8) is 0 Å².